The summed E-state index contributed by atoms with van der Waals surface area (Å²) in [6.07, 6.45) is 0. The molecule has 0 aliphatic rings. The summed E-state index contributed by atoms with van der Waals surface area (Å²) < 4.78 is 16.4. The van der Waals surface area contributed by atoms with Crippen molar-refractivity contribution in [2.45, 2.75) is 6.54 Å². The Labute approximate surface area is 96.2 Å². The molecule has 1 N–H and O–H groups in total. The van der Waals surface area contributed by atoms with Crippen LogP contribution in [0.2, 0.25) is 0 Å². The Hall–Kier alpha value is -0.870. The number of halogens is 2. The number of para-hydroxylation sites is 1. The van der Waals surface area contributed by atoms with E-state index in [9.17, 15) is 4.39 Å². The van der Waals surface area contributed by atoms with Crippen LogP contribution in [0.1, 0.15) is 5.56 Å². The number of fused-ring (bicyclic) bond motifs is 1. The van der Waals surface area contributed by atoms with Crippen LogP contribution < -0.4 is 5.32 Å². The molecule has 0 saturated heterocycles. The van der Waals surface area contributed by atoms with Crippen molar-refractivity contribution in [2.75, 3.05) is 7.05 Å². The molecular weight excluding hydrogens is 259 g/mol. The predicted octanol–water partition coefficient (Wildman–Crippen LogP) is 2.80. The smallest absolute Gasteiger partial charge is 0.147 e. The molecule has 0 amide bonds. The van der Waals surface area contributed by atoms with Gasteiger partial charge in [-0.1, -0.05) is 12.1 Å². The highest BCUT2D eigenvalue weighted by atomic mass is 79.9. The Balaban J connectivity index is 2.81. The van der Waals surface area contributed by atoms with Crippen molar-refractivity contribution in [3.8, 4) is 0 Å². The fourth-order valence-electron chi connectivity index (χ4n) is 1.86. The highest BCUT2D eigenvalue weighted by Gasteiger charge is 2.14. The number of hydrogen-bond acceptors (Lipinski definition) is 1. The van der Waals surface area contributed by atoms with Crippen molar-refractivity contribution < 1.29 is 4.39 Å². The maximum Gasteiger partial charge on any atom is 0.147 e. The number of nitrogens with one attached hydrogen (secondary N) is 1. The minimum atomic E-state index is -0.182. The van der Waals surface area contributed by atoms with E-state index in [4.69, 9.17) is 0 Å². The molecule has 0 saturated carbocycles. The number of aryl methyl sites for hydroxylation is 1. The number of rotatable bonds is 2. The molecule has 80 valence electrons. The summed E-state index contributed by atoms with van der Waals surface area (Å²) in [6, 6.07) is 5.16. The first-order chi connectivity index (χ1) is 7.16. The van der Waals surface area contributed by atoms with Gasteiger partial charge < -0.3 is 9.88 Å². The molecule has 2 nitrogen and oxygen atoms in total. The van der Waals surface area contributed by atoms with E-state index < -0.39 is 0 Å². The first kappa shape index (κ1) is 10.6. The summed E-state index contributed by atoms with van der Waals surface area (Å²) in [7, 11) is 3.74. The Kier molecular flexibility index (Phi) is 2.80. The molecule has 0 bridgehead atoms. The summed E-state index contributed by atoms with van der Waals surface area (Å²) in [5.41, 5.74) is 1.74. The molecule has 2 rings (SSSR count). The molecule has 0 fully saturated rings. The van der Waals surface area contributed by atoms with E-state index in [2.05, 4.69) is 21.2 Å². The summed E-state index contributed by atoms with van der Waals surface area (Å²) in [5, 5.41) is 4.04. The third-order valence-electron chi connectivity index (χ3n) is 2.54. The van der Waals surface area contributed by atoms with E-state index in [1.54, 1.807) is 6.07 Å². The highest BCUT2D eigenvalue weighted by Crippen LogP contribution is 2.30. The van der Waals surface area contributed by atoms with Crippen LogP contribution in [0.5, 0.6) is 0 Å². The molecule has 1 aromatic carbocycles. The quantitative estimate of drug-likeness (QED) is 0.888. The fraction of sp³-hybridized carbons (Fsp3) is 0.273. The van der Waals surface area contributed by atoms with E-state index in [1.807, 2.05) is 24.7 Å². The zero-order valence-electron chi connectivity index (χ0n) is 8.64. The lowest BCUT2D eigenvalue weighted by molar-refractivity contribution is 0.631. The maximum atomic E-state index is 13.6. The second-order valence-corrected chi connectivity index (χ2v) is 4.25. The van der Waals surface area contributed by atoms with Gasteiger partial charge in [0.05, 0.1) is 10.1 Å². The summed E-state index contributed by atoms with van der Waals surface area (Å²) in [6.45, 7) is 0.724. The topological polar surface area (TPSA) is 17.0 Å². The Bertz CT molecular complexity index is 505. The number of benzene rings is 1. The van der Waals surface area contributed by atoms with E-state index in [1.165, 1.54) is 6.07 Å². The molecule has 1 heterocycles. The Morgan fingerprint density at radius 1 is 1.47 bits per heavy atom. The van der Waals surface area contributed by atoms with Crippen molar-refractivity contribution >= 4 is 26.8 Å². The summed E-state index contributed by atoms with van der Waals surface area (Å²) >= 11 is 3.48. The van der Waals surface area contributed by atoms with Gasteiger partial charge in [0.15, 0.2) is 0 Å². The molecule has 0 atom stereocenters. The molecule has 15 heavy (non-hydrogen) atoms. The summed E-state index contributed by atoms with van der Waals surface area (Å²) in [5.74, 6) is -0.182. The zero-order chi connectivity index (χ0) is 11.0. The predicted molar refractivity (Wildman–Crippen MR) is 63.3 cm³/mol. The molecule has 0 spiro atoms. The van der Waals surface area contributed by atoms with Gasteiger partial charge in [0.25, 0.3) is 0 Å². The third kappa shape index (κ3) is 1.58. The van der Waals surface area contributed by atoms with Gasteiger partial charge in [0.2, 0.25) is 0 Å². The molecule has 4 heteroatoms. The van der Waals surface area contributed by atoms with Crippen LogP contribution in [0.3, 0.4) is 0 Å². The van der Waals surface area contributed by atoms with Crippen LogP contribution in [0.25, 0.3) is 10.9 Å². The second kappa shape index (κ2) is 3.94. The average molecular weight is 271 g/mol. The molecule has 1 aromatic heterocycles. The highest BCUT2D eigenvalue weighted by molar-refractivity contribution is 9.10. The minimum absolute atomic E-state index is 0.182. The molecular formula is C11H12BrFN2. The first-order valence-corrected chi connectivity index (χ1v) is 5.52. The van der Waals surface area contributed by atoms with Crippen LogP contribution >= 0.6 is 15.9 Å². The Morgan fingerprint density at radius 2 is 2.20 bits per heavy atom. The van der Waals surface area contributed by atoms with Crippen LogP contribution in [0.15, 0.2) is 22.8 Å². The number of nitrogens with zero attached hydrogens (tertiary/aromatic N) is 1. The van der Waals surface area contributed by atoms with Gasteiger partial charge in [0.1, 0.15) is 5.82 Å². The largest absolute Gasteiger partial charge is 0.336 e. The second-order valence-electron chi connectivity index (χ2n) is 3.49. The third-order valence-corrected chi connectivity index (χ3v) is 3.55. The standard InChI is InChI=1S/C11H12BrFN2/c1-14-6-8-7-4-3-5-9(13)10(7)15(2)11(8)12/h3-5,14H,6H2,1-2H3. The lowest BCUT2D eigenvalue weighted by Crippen LogP contribution is -2.05. The van der Waals surface area contributed by atoms with Crippen molar-refractivity contribution in [1.29, 1.82) is 0 Å². The minimum Gasteiger partial charge on any atom is -0.336 e. The summed E-state index contributed by atoms with van der Waals surface area (Å²) in [4.78, 5) is 0. The van der Waals surface area contributed by atoms with Crippen molar-refractivity contribution in [1.82, 2.24) is 9.88 Å². The SMILES string of the molecule is CNCc1c(Br)n(C)c2c(F)cccc12. The van der Waals surface area contributed by atoms with Gasteiger partial charge in [-0.25, -0.2) is 4.39 Å². The van der Waals surface area contributed by atoms with E-state index in [0.29, 0.717) is 5.52 Å². The van der Waals surface area contributed by atoms with Crippen LogP contribution in [-0.2, 0) is 13.6 Å². The fourth-order valence-corrected chi connectivity index (χ4v) is 2.39. The van der Waals surface area contributed by atoms with Crippen LogP contribution in [0, 0.1) is 5.82 Å². The van der Waals surface area contributed by atoms with E-state index in [-0.39, 0.29) is 5.82 Å². The van der Waals surface area contributed by atoms with Gasteiger partial charge >= 0.3 is 0 Å². The molecule has 0 unspecified atom stereocenters. The van der Waals surface area contributed by atoms with Gasteiger partial charge in [-0.05, 0) is 29.0 Å². The first-order valence-electron chi connectivity index (χ1n) is 4.72. The molecule has 0 radical (unpaired) electrons. The normalized spacial score (nSPS) is 11.2. The lowest BCUT2D eigenvalue weighted by Gasteiger charge is -1.98. The monoisotopic (exact) mass is 270 g/mol. The Morgan fingerprint density at radius 3 is 2.87 bits per heavy atom. The van der Waals surface area contributed by atoms with Crippen molar-refractivity contribution in [3.05, 3.63) is 34.2 Å². The lowest BCUT2D eigenvalue weighted by atomic mass is 10.2. The van der Waals surface area contributed by atoms with Gasteiger partial charge in [-0.2, -0.15) is 0 Å². The van der Waals surface area contributed by atoms with Crippen LogP contribution in [-0.4, -0.2) is 11.6 Å². The van der Waals surface area contributed by atoms with E-state index >= 15 is 0 Å². The van der Waals surface area contributed by atoms with Gasteiger partial charge in [-0.3, -0.25) is 0 Å². The van der Waals surface area contributed by atoms with Crippen molar-refractivity contribution in [2.24, 2.45) is 7.05 Å². The van der Waals surface area contributed by atoms with Gasteiger partial charge in [-0.15, -0.1) is 0 Å². The zero-order valence-corrected chi connectivity index (χ0v) is 10.2. The molecule has 0 aliphatic heterocycles. The van der Waals surface area contributed by atoms with Crippen LogP contribution in [0.4, 0.5) is 4.39 Å². The van der Waals surface area contributed by atoms with E-state index in [0.717, 1.165) is 22.1 Å². The van der Waals surface area contributed by atoms with Gasteiger partial charge in [0, 0.05) is 24.5 Å². The molecule has 2 aromatic rings. The maximum absolute atomic E-state index is 13.6. The number of hydrogen-bond donors (Lipinski definition) is 1. The molecule has 0 aliphatic carbocycles. The van der Waals surface area contributed by atoms with Crippen molar-refractivity contribution in [3.63, 3.8) is 0 Å². The number of aromatic nitrogens is 1. The average Bonchev–Trinajstić information content (AvgIpc) is 2.45.